The van der Waals surface area contributed by atoms with Crippen LogP contribution in [0.5, 0.6) is 0 Å². The van der Waals surface area contributed by atoms with Crippen LogP contribution < -0.4 is 5.32 Å². The Balaban J connectivity index is 2.04. The molecule has 2 N–H and O–H groups in total. The normalized spacial score (nSPS) is 12.4. The van der Waals surface area contributed by atoms with Gasteiger partial charge in [0.05, 0.1) is 12.6 Å². The number of hydrogen-bond donors (Lipinski definition) is 2. The summed E-state index contributed by atoms with van der Waals surface area (Å²) in [6.45, 7) is 0.616. The molecule has 0 aliphatic carbocycles. The van der Waals surface area contributed by atoms with Crippen molar-refractivity contribution in [2.45, 2.75) is 12.6 Å². The summed E-state index contributed by atoms with van der Waals surface area (Å²) in [4.78, 5) is 0. The minimum absolute atomic E-state index is 0.0369. The van der Waals surface area contributed by atoms with E-state index in [-0.39, 0.29) is 12.6 Å². The lowest BCUT2D eigenvalue weighted by molar-refractivity contribution is 0.243. The Bertz CT molecular complexity index is 531. The molecule has 2 aromatic rings. The number of hydrogen-bond acceptors (Lipinski definition) is 2. The van der Waals surface area contributed by atoms with Gasteiger partial charge in [-0.3, -0.25) is 0 Å². The summed E-state index contributed by atoms with van der Waals surface area (Å²) >= 11 is 12.0. The van der Waals surface area contributed by atoms with Crippen LogP contribution in [-0.4, -0.2) is 11.7 Å². The molecule has 2 rings (SSSR count). The summed E-state index contributed by atoms with van der Waals surface area (Å²) in [5, 5.41) is 14.0. The molecule has 100 valence electrons. The van der Waals surface area contributed by atoms with E-state index >= 15 is 0 Å². The van der Waals surface area contributed by atoms with Gasteiger partial charge in [-0.05, 0) is 23.3 Å². The molecule has 0 saturated heterocycles. The summed E-state index contributed by atoms with van der Waals surface area (Å²) in [7, 11) is 0. The second-order valence-electron chi connectivity index (χ2n) is 4.26. The zero-order valence-corrected chi connectivity index (χ0v) is 11.8. The maximum absolute atomic E-state index is 9.45. The number of benzene rings is 2. The molecule has 0 fully saturated rings. The molecule has 0 unspecified atom stereocenters. The van der Waals surface area contributed by atoms with Crippen LogP contribution >= 0.6 is 23.2 Å². The molecular formula is C15H15Cl2NO. The van der Waals surface area contributed by atoms with Crippen LogP contribution in [0.1, 0.15) is 17.2 Å². The van der Waals surface area contributed by atoms with Crippen LogP contribution in [-0.2, 0) is 6.54 Å². The lowest BCUT2D eigenvalue weighted by Gasteiger charge is -2.17. The van der Waals surface area contributed by atoms with Gasteiger partial charge in [0.15, 0.2) is 0 Å². The van der Waals surface area contributed by atoms with Crippen molar-refractivity contribution in [1.82, 2.24) is 5.32 Å². The van der Waals surface area contributed by atoms with Crippen LogP contribution in [0, 0.1) is 0 Å². The first kappa shape index (κ1) is 14.4. The first-order chi connectivity index (χ1) is 9.20. The molecule has 4 heteroatoms. The third-order valence-corrected chi connectivity index (χ3v) is 3.53. The van der Waals surface area contributed by atoms with E-state index in [1.54, 1.807) is 12.1 Å². The summed E-state index contributed by atoms with van der Waals surface area (Å²) in [5.41, 5.74) is 2.01. The topological polar surface area (TPSA) is 32.3 Å². The molecule has 19 heavy (non-hydrogen) atoms. The van der Waals surface area contributed by atoms with Crippen LogP contribution in [0.4, 0.5) is 0 Å². The van der Waals surface area contributed by atoms with E-state index in [1.165, 1.54) is 0 Å². The molecule has 0 aliphatic heterocycles. The van der Waals surface area contributed by atoms with E-state index in [2.05, 4.69) is 5.32 Å². The van der Waals surface area contributed by atoms with Gasteiger partial charge < -0.3 is 10.4 Å². The van der Waals surface area contributed by atoms with Gasteiger partial charge in [0.1, 0.15) is 0 Å². The Morgan fingerprint density at radius 1 is 1.05 bits per heavy atom. The van der Waals surface area contributed by atoms with Gasteiger partial charge in [0, 0.05) is 16.6 Å². The Labute approximate surface area is 123 Å². The lowest BCUT2D eigenvalue weighted by Crippen LogP contribution is -2.24. The summed E-state index contributed by atoms with van der Waals surface area (Å²) in [6, 6.07) is 15.1. The van der Waals surface area contributed by atoms with Crippen molar-refractivity contribution in [3.05, 3.63) is 69.7 Å². The Hall–Kier alpha value is -1.06. The summed E-state index contributed by atoms with van der Waals surface area (Å²) < 4.78 is 0. The number of aliphatic hydroxyl groups excluding tert-OH is 1. The van der Waals surface area contributed by atoms with Crippen LogP contribution in [0.25, 0.3) is 0 Å². The van der Waals surface area contributed by atoms with Gasteiger partial charge in [-0.2, -0.15) is 0 Å². The smallest absolute Gasteiger partial charge is 0.0626 e. The second kappa shape index (κ2) is 6.92. The van der Waals surface area contributed by atoms with Crippen LogP contribution in [0.3, 0.4) is 0 Å². The highest BCUT2D eigenvalue weighted by atomic mass is 35.5. The van der Waals surface area contributed by atoms with Gasteiger partial charge >= 0.3 is 0 Å². The van der Waals surface area contributed by atoms with Gasteiger partial charge in [-0.25, -0.2) is 0 Å². The minimum atomic E-state index is -0.104. The zero-order valence-electron chi connectivity index (χ0n) is 10.3. The minimum Gasteiger partial charge on any atom is -0.394 e. The second-order valence-corrected chi connectivity index (χ2v) is 5.11. The molecule has 0 spiro atoms. The number of aliphatic hydroxyl groups is 1. The van der Waals surface area contributed by atoms with E-state index in [4.69, 9.17) is 23.2 Å². The fourth-order valence-electron chi connectivity index (χ4n) is 1.87. The monoisotopic (exact) mass is 295 g/mol. The van der Waals surface area contributed by atoms with Crippen molar-refractivity contribution in [2.24, 2.45) is 0 Å². The third kappa shape index (κ3) is 3.95. The lowest BCUT2D eigenvalue weighted by atomic mass is 10.1. The molecule has 0 amide bonds. The molecule has 0 heterocycles. The van der Waals surface area contributed by atoms with Crippen molar-refractivity contribution in [3.8, 4) is 0 Å². The van der Waals surface area contributed by atoms with Gasteiger partial charge in [-0.15, -0.1) is 0 Å². The van der Waals surface area contributed by atoms with E-state index in [9.17, 15) is 5.11 Å². The molecule has 2 nitrogen and oxygen atoms in total. The van der Waals surface area contributed by atoms with E-state index in [0.717, 1.165) is 11.1 Å². The summed E-state index contributed by atoms with van der Waals surface area (Å²) in [5.74, 6) is 0. The fourth-order valence-corrected chi connectivity index (χ4v) is 2.35. The predicted octanol–water partition coefficient (Wildman–Crippen LogP) is 3.82. The Morgan fingerprint density at radius 2 is 1.79 bits per heavy atom. The van der Waals surface area contributed by atoms with Crippen LogP contribution in [0.2, 0.25) is 10.0 Å². The predicted molar refractivity (Wildman–Crippen MR) is 79.6 cm³/mol. The molecule has 0 saturated carbocycles. The van der Waals surface area contributed by atoms with E-state index in [0.29, 0.717) is 16.6 Å². The Kier molecular flexibility index (Phi) is 5.23. The largest absolute Gasteiger partial charge is 0.394 e. The maximum Gasteiger partial charge on any atom is 0.0626 e. The third-order valence-electron chi connectivity index (χ3n) is 2.94. The molecule has 0 radical (unpaired) electrons. The molecule has 0 aliphatic rings. The van der Waals surface area contributed by atoms with Crippen molar-refractivity contribution in [2.75, 3.05) is 6.61 Å². The van der Waals surface area contributed by atoms with Crippen molar-refractivity contribution >= 4 is 23.2 Å². The highest BCUT2D eigenvalue weighted by molar-refractivity contribution is 6.35. The number of halogens is 2. The highest BCUT2D eigenvalue weighted by Crippen LogP contribution is 2.21. The number of nitrogens with one attached hydrogen (secondary N) is 1. The van der Waals surface area contributed by atoms with Gasteiger partial charge in [-0.1, -0.05) is 59.6 Å². The first-order valence-corrected chi connectivity index (χ1v) is 6.79. The van der Waals surface area contributed by atoms with Gasteiger partial charge in [0.25, 0.3) is 0 Å². The van der Waals surface area contributed by atoms with Crippen molar-refractivity contribution in [1.29, 1.82) is 0 Å². The highest BCUT2D eigenvalue weighted by Gasteiger charge is 2.10. The fraction of sp³-hybridized carbons (Fsp3) is 0.200. The van der Waals surface area contributed by atoms with E-state index < -0.39 is 0 Å². The SMILES string of the molecule is OC[C@H](NCc1ccc(Cl)cc1Cl)c1ccccc1. The quantitative estimate of drug-likeness (QED) is 0.879. The molecular weight excluding hydrogens is 281 g/mol. The van der Waals surface area contributed by atoms with Crippen LogP contribution in [0.15, 0.2) is 48.5 Å². The Morgan fingerprint density at radius 3 is 2.42 bits per heavy atom. The number of rotatable bonds is 5. The zero-order chi connectivity index (χ0) is 13.7. The van der Waals surface area contributed by atoms with Gasteiger partial charge in [0.2, 0.25) is 0 Å². The molecule has 1 atom stereocenters. The maximum atomic E-state index is 9.45. The van der Waals surface area contributed by atoms with Crippen molar-refractivity contribution in [3.63, 3.8) is 0 Å². The summed E-state index contributed by atoms with van der Waals surface area (Å²) in [6.07, 6.45) is 0. The average Bonchev–Trinajstić information content (AvgIpc) is 2.43. The molecule has 0 aromatic heterocycles. The average molecular weight is 296 g/mol. The molecule has 2 aromatic carbocycles. The van der Waals surface area contributed by atoms with Crippen molar-refractivity contribution < 1.29 is 5.11 Å². The van der Waals surface area contributed by atoms with E-state index in [1.807, 2.05) is 36.4 Å². The first-order valence-electron chi connectivity index (χ1n) is 6.04. The molecule has 0 bridgehead atoms. The standard InChI is InChI=1S/C15H15Cl2NO/c16-13-7-6-12(14(17)8-13)9-18-15(10-19)11-4-2-1-3-5-11/h1-8,15,18-19H,9-10H2/t15-/m0/s1.